The molecule has 0 bridgehead atoms. The van der Waals surface area contributed by atoms with E-state index in [9.17, 15) is 14.7 Å². The van der Waals surface area contributed by atoms with Gasteiger partial charge in [0.1, 0.15) is 18.0 Å². The molecule has 7 nitrogen and oxygen atoms in total. The fourth-order valence-corrected chi connectivity index (χ4v) is 3.84. The van der Waals surface area contributed by atoms with Crippen molar-refractivity contribution in [3.05, 3.63) is 47.2 Å². The smallest absolute Gasteiger partial charge is 0.309 e. The normalized spacial score (nSPS) is 13.8. The number of Topliss-reactive ketones (excluding diaryl/α,β-unsaturated/α-hetero) is 1. The van der Waals surface area contributed by atoms with Crippen LogP contribution in [0.5, 0.6) is 17.2 Å². The Hall–Kier alpha value is -2.80. The molecule has 8 heteroatoms. The van der Waals surface area contributed by atoms with Crippen LogP contribution in [0.25, 0.3) is 0 Å². The average molecular weight is 478 g/mol. The highest BCUT2D eigenvalue weighted by molar-refractivity contribution is 6.30. The van der Waals surface area contributed by atoms with Crippen LogP contribution in [0.4, 0.5) is 0 Å². The highest BCUT2D eigenvalue weighted by Gasteiger charge is 2.32. The Morgan fingerprint density at radius 1 is 1.15 bits per heavy atom. The molecular weight excluding hydrogens is 446 g/mol. The molecule has 0 aliphatic heterocycles. The fraction of sp³-hybridized carbons (Fsp3) is 0.480. The van der Waals surface area contributed by atoms with Gasteiger partial charge in [0.05, 0.1) is 13.0 Å². The molecular formula is C25H32ClNO6. The van der Waals surface area contributed by atoms with Crippen LogP contribution in [0.1, 0.15) is 57.4 Å². The van der Waals surface area contributed by atoms with Crippen molar-refractivity contribution >= 4 is 23.4 Å². The third-order valence-corrected chi connectivity index (χ3v) is 5.85. The van der Waals surface area contributed by atoms with Crippen molar-refractivity contribution in [3.8, 4) is 17.2 Å². The number of hydrogen-bond acceptors (Lipinski definition) is 7. The molecule has 0 aliphatic rings. The molecule has 0 spiro atoms. The van der Waals surface area contributed by atoms with E-state index in [0.29, 0.717) is 10.8 Å². The lowest BCUT2D eigenvalue weighted by Crippen LogP contribution is -2.40. The minimum Gasteiger partial charge on any atom is -0.503 e. The van der Waals surface area contributed by atoms with Crippen LogP contribution < -0.4 is 9.47 Å². The molecule has 1 aromatic carbocycles. The molecule has 0 unspecified atom stereocenters. The molecule has 2 rings (SSSR count). The van der Waals surface area contributed by atoms with Gasteiger partial charge in [-0.2, -0.15) is 0 Å². The number of methoxy groups -OCH3 is 1. The van der Waals surface area contributed by atoms with Crippen molar-refractivity contribution in [2.75, 3.05) is 7.11 Å². The molecule has 0 saturated heterocycles. The number of benzene rings is 1. The van der Waals surface area contributed by atoms with Crippen molar-refractivity contribution in [2.24, 2.45) is 11.8 Å². The van der Waals surface area contributed by atoms with Crippen LogP contribution in [-0.4, -0.2) is 41.2 Å². The molecule has 1 heterocycles. The molecule has 0 radical (unpaired) electrons. The Labute approximate surface area is 200 Å². The lowest BCUT2D eigenvalue weighted by Gasteiger charge is -2.31. The lowest BCUT2D eigenvalue weighted by molar-refractivity contribution is -0.158. The highest BCUT2D eigenvalue weighted by Crippen LogP contribution is 2.30. The number of rotatable bonds is 12. The van der Waals surface area contributed by atoms with Crippen LogP contribution in [0.2, 0.25) is 5.02 Å². The summed E-state index contributed by atoms with van der Waals surface area (Å²) < 4.78 is 16.9. The Morgan fingerprint density at radius 2 is 1.85 bits per heavy atom. The van der Waals surface area contributed by atoms with Gasteiger partial charge in [0, 0.05) is 23.7 Å². The van der Waals surface area contributed by atoms with Gasteiger partial charge in [0.2, 0.25) is 0 Å². The average Bonchev–Trinajstić information content (AvgIpc) is 2.79. The Morgan fingerprint density at radius 3 is 2.45 bits per heavy atom. The molecule has 0 saturated carbocycles. The maximum atomic E-state index is 12.8. The summed E-state index contributed by atoms with van der Waals surface area (Å²) in [6, 6.07) is 8.54. The van der Waals surface area contributed by atoms with Gasteiger partial charge in [-0.1, -0.05) is 38.4 Å². The summed E-state index contributed by atoms with van der Waals surface area (Å²) in [7, 11) is 1.38. The first kappa shape index (κ1) is 26.5. The van der Waals surface area contributed by atoms with Gasteiger partial charge >= 0.3 is 5.97 Å². The zero-order valence-electron chi connectivity index (χ0n) is 19.7. The van der Waals surface area contributed by atoms with E-state index in [0.717, 1.165) is 12.8 Å². The second-order valence-corrected chi connectivity index (χ2v) is 8.43. The Bertz CT molecular complexity index is 946. The molecule has 1 N–H and O–H groups in total. The fourth-order valence-electron chi connectivity index (χ4n) is 3.66. The molecule has 0 amide bonds. The maximum absolute atomic E-state index is 12.8. The monoisotopic (exact) mass is 477 g/mol. The van der Waals surface area contributed by atoms with E-state index < -0.39 is 23.8 Å². The second kappa shape index (κ2) is 12.4. The predicted octanol–water partition coefficient (Wildman–Crippen LogP) is 5.47. The van der Waals surface area contributed by atoms with E-state index in [4.69, 9.17) is 25.8 Å². The number of esters is 1. The highest BCUT2D eigenvalue weighted by atomic mass is 35.5. The number of carbonyl (C=O) groups excluding carboxylic acids is 2. The van der Waals surface area contributed by atoms with Crippen molar-refractivity contribution < 1.29 is 28.9 Å². The number of carbonyl (C=O) groups is 2. The number of aromatic nitrogens is 1. The van der Waals surface area contributed by atoms with Crippen LogP contribution in [0.3, 0.4) is 0 Å². The zero-order chi connectivity index (χ0) is 24.5. The van der Waals surface area contributed by atoms with E-state index in [-0.39, 0.29) is 35.6 Å². The van der Waals surface area contributed by atoms with Gasteiger partial charge < -0.3 is 19.3 Å². The number of halogens is 1. The van der Waals surface area contributed by atoms with Gasteiger partial charge in [0.15, 0.2) is 23.0 Å². The number of aromatic hydroxyl groups is 1. The summed E-state index contributed by atoms with van der Waals surface area (Å²) in [5, 5.41) is 10.7. The first-order chi connectivity index (χ1) is 15.7. The summed E-state index contributed by atoms with van der Waals surface area (Å²) in [4.78, 5) is 29.3. The van der Waals surface area contributed by atoms with Crippen molar-refractivity contribution in [2.45, 2.75) is 59.2 Å². The zero-order valence-corrected chi connectivity index (χ0v) is 20.5. The molecule has 0 aliphatic carbocycles. The summed E-state index contributed by atoms with van der Waals surface area (Å²) in [6.45, 7) is 7.52. The molecule has 2 aromatic rings. The largest absolute Gasteiger partial charge is 0.503 e. The van der Waals surface area contributed by atoms with Crippen LogP contribution in [-0.2, 0) is 9.53 Å². The number of pyridine rings is 1. The van der Waals surface area contributed by atoms with E-state index >= 15 is 0 Å². The summed E-state index contributed by atoms with van der Waals surface area (Å²) >= 11 is 6.08. The number of ketones is 1. The Balaban J connectivity index is 2.09. The predicted molar refractivity (Wildman–Crippen MR) is 126 cm³/mol. The molecule has 3 atom stereocenters. The first-order valence-electron chi connectivity index (χ1n) is 11.1. The van der Waals surface area contributed by atoms with Crippen LogP contribution in [0, 0.1) is 11.8 Å². The molecule has 1 aromatic heterocycles. The third-order valence-electron chi connectivity index (χ3n) is 5.61. The molecule has 33 heavy (non-hydrogen) atoms. The van der Waals surface area contributed by atoms with E-state index in [2.05, 4.69) is 18.8 Å². The standard InChI is InChI=1S/C25H32ClNO6/c1-6-17(7-2)24(33-19-10-8-9-18(26)14-19)16(4)32-25(30)15(3)13-20(28)22-23(29)21(31-5)11-12-27-22/h8-12,14-17,24,29H,6-7,13H2,1-5H3/t15-,16+,24+/m1/s1. The van der Waals surface area contributed by atoms with E-state index in [1.165, 1.54) is 19.4 Å². The van der Waals surface area contributed by atoms with E-state index in [1.54, 1.807) is 32.0 Å². The summed E-state index contributed by atoms with van der Waals surface area (Å²) in [5.41, 5.74) is -0.138. The third kappa shape index (κ3) is 7.09. The van der Waals surface area contributed by atoms with Crippen LogP contribution >= 0.6 is 11.6 Å². The number of hydrogen-bond donors (Lipinski definition) is 1. The minimum atomic E-state index is -0.735. The topological polar surface area (TPSA) is 95.0 Å². The molecule has 0 fully saturated rings. The summed E-state index contributed by atoms with van der Waals surface area (Å²) in [5.74, 6) is -1.18. The van der Waals surface area contributed by atoms with E-state index in [1.807, 2.05) is 6.07 Å². The van der Waals surface area contributed by atoms with Crippen molar-refractivity contribution in [1.82, 2.24) is 4.98 Å². The van der Waals surface area contributed by atoms with Gasteiger partial charge in [-0.05, 0) is 43.9 Å². The Kier molecular flexibility index (Phi) is 9.97. The number of nitrogens with zero attached hydrogens (tertiary/aromatic N) is 1. The van der Waals surface area contributed by atoms with Crippen molar-refractivity contribution in [3.63, 3.8) is 0 Å². The molecule has 180 valence electrons. The maximum Gasteiger partial charge on any atom is 0.309 e. The van der Waals surface area contributed by atoms with Crippen LogP contribution in [0.15, 0.2) is 36.5 Å². The number of ether oxygens (including phenoxy) is 3. The van der Waals surface area contributed by atoms with Gasteiger partial charge in [-0.25, -0.2) is 4.98 Å². The van der Waals surface area contributed by atoms with Gasteiger partial charge in [-0.3, -0.25) is 9.59 Å². The van der Waals surface area contributed by atoms with Crippen molar-refractivity contribution in [1.29, 1.82) is 0 Å². The first-order valence-corrected chi connectivity index (χ1v) is 11.5. The second-order valence-electron chi connectivity index (χ2n) is 8.00. The minimum absolute atomic E-state index is 0.138. The SMILES string of the molecule is CCC(CC)[C@@H](Oc1cccc(Cl)c1)[C@H](C)OC(=O)[C@H](C)CC(=O)c1nccc(OC)c1O. The lowest BCUT2D eigenvalue weighted by atomic mass is 9.92. The quantitative estimate of drug-likeness (QED) is 0.319. The van der Waals surface area contributed by atoms with Gasteiger partial charge in [0.25, 0.3) is 0 Å². The van der Waals surface area contributed by atoms with Gasteiger partial charge in [-0.15, -0.1) is 0 Å². The summed E-state index contributed by atoms with van der Waals surface area (Å²) in [6.07, 6.45) is 1.96.